The van der Waals surface area contributed by atoms with E-state index in [2.05, 4.69) is 9.71 Å². The summed E-state index contributed by atoms with van der Waals surface area (Å²) >= 11 is 5.99. The van der Waals surface area contributed by atoms with Gasteiger partial charge in [0.05, 0.1) is 4.90 Å². The molecule has 1 N–H and O–H groups in total. The normalized spacial score (nSPS) is 11.6. The Labute approximate surface area is 123 Å². The molecule has 1 aromatic carbocycles. The van der Waals surface area contributed by atoms with Gasteiger partial charge in [0.2, 0.25) is 10.0 Å². The zero-order valence-electron chi connectivity index (χ0n) is 11.2. The Bertz CT molecular complexity index is 715. The van der Waals surface area contributed by atoms with Gasteiger partial charge in [-0.15, -0.1) is 0 Å². The molecule has 6 heteroatoms. The number of pyridine rings is 1. The first kappa shape index (κ1) is 15.0. The molecule has 0 aliphatic rings. The summed E-state index contributed by atoms with van der Waals surface area (Å²) < 4.78 is 27.2. The highest BCUT2D eigenvalue weighted by atomic mass is 35.5. The van der Waals surface area contributed by atoms with Crippen molar-refractivity contribution in [1.29, 1.82) is 0 Å². The molecule has 2 rings (SSSR count). The molecule has 0 aliphatic heterocycles. The lowest BCUT2D eigenvalue weighted by Gasteiger charge is -2.11. The van der Waals surface area contributed by atoms with Crippen LogP contribution in [0.2, 0.25) is 5.02 Å². The van der Waals surface area contributed by atoms with Gasteiger partial charge in [0.25, 0.3) is 0 Å². The summed E-state index contributed by atoms with van der Waals surface area (Å²) in [7, 11) is -3.56. The van der Waals surface area contributed by atoms with Crippen LogP contribution in [-0.2, 0) is 16.6 Å². The van der Waals surface area contributed by atoms with Gasteiger partial charge in [-0.05, 0) is 54.8 Å². The minimum Gasteiger partial charge on any atom is -0.265 e. The van der Waals surface area contributed by atoms with Gasteiger partial charge in [-0.2, -0.15) is 0 Å². The minimum absolute atomic E-state index is 0.228. The number of sulfonamides is 1. The third-order valence-corrected chi connectivity index (χ3v) is 4.91. The maximum absolute atomic E-state index is 12.3. The molecule has 20 heavy (non-hydrogen) atoms. The predicted molar refractivity (Wildman–Crippen MR) is 79.2 cm³/mol. The molecule has 0 saturated heterocycles. The van der Waals surface area contributed by atoms with Crippen molar-refractivity contribution in [3.63, 3.8) is 0 Å². The van der Waals surface area contributed by atoms with Crippen molar-refractivity contribution in [3.8, 4) is 0 Å². The summed E-state index contributed by atoms with van der Waals surface area (Å²) in [5.41, 5.74) is 2.22. The minimum atomic E-state index is -3.56. The van der Waals surface area contributed by atoms with Gasteiger partial charge in [0.1, 0.15) is 0 Å². The number of rotatable bonds is 4. The van der Waals surface area contributed by atoms with E-state index in [0.29, 0.717) is 10.6 Å². The highest BCUT2D eigenvalue weighted by Crippen LogP contribution is 2.23. The van der Waals surface area contributed by atoms with Crippen molar-refractivity contribution >= 4 is 21.6 Å². The molecule has 2 aromatic rings. The Kier molecular flexibility index (Phi) is 4.42. The van der Waals surface area contributed by atoms with Crippen molar-refractivity contribution in [3.05, 3.63) is 58.4 Å². The molecule has 0 atom stereocenters. The number of nitrogens with zero attached hydrogens (tertiary/aromatic N) is 1. The fraction of sp³-hybridized carbons (Fsp3) is 0.214. The van der Waals surface area contributed by atoms with Gasteiger partial charge in [0.15, 0.2) is 0 Å². The van der Waals surface area contributed by atoms with Gasteiger partial charge >= 0.3 is 0 Å². The average Bonchev–Trinajstić information content (AvgIpc) is 2.42. The Morgan fingerprint density at radius 2 is 1.80 bits per heavy atom. The fourth-order valence-electron chi connectivity index (χ4n) is 1.80. The van der Waals surface area contributed by atoms with E-state index in [1.807, 2.05) is 0 Å². The van der Waals surface area contributed by atoms with E-state index in [-0.39, 0.29) is 11.4 Å². The lowest BCUT2D eigenvalue weighted by Crippen LogP contribution is -2.24. The number of benzene rings is 1. The molecule has 0 saturated carbocycles. The Balaban J connectivity index is 2.25. The van der Waals surface area contributed by atoms with Crippen LogP contribution in [0.15, 0.2) is 41.6 Å². The summed E-state index contributed by atoms with van der Waals surface area (Å²) in [6, 6.07) is 6.79. The maximum Gasteiger partial charge on any atom is 0.241 e. The van der Waals surface area contributed by atoms with Gasteiger partial charge in [-0.25, -0.2) is 13.1 Å². The third kappa shape index (κ3) is 3.36. The van der Waals surface area contributed by atoms with Gasteiger partial charge in [-0.1, -0.05) is 11.6 Å². The number of halogens is 1. The second kappa shape index (κ2) is 5.91. The fourth-order valence-corrected chi connectivity index (χ4v) is 3.35. The number of hydrogen-bond donors (Lipinski definition) is 1. The first-order valence-electron chi connectivity index (χ1n) is 6.05. The standard InChI is InChI=1S/C14H15ClN2O2S/c1-10-8-14(11(2)7-13(10)15)20(18,19)17-9-12-3-5-16-6-4-12/h3-8,17H,9H2,1-2H3. The Hall–Kier alpha value is -1.43. The summed E-state index contributed by atoms with van der Waals surface area (Å²) in [5.74, 6) is 0. The Morgan fingerprint density at radius 1 is 1.15 bits per heavy atom. The zero-order valence-corrected chi connectivity index (χ0v) is 12.8. The van der Waals surface area contributed by atoms with Crippen molar-refractivity contribution in [1.82, 2.24) is 9.71 Å². The average molecular weight is 311 g/mol. The van der Waals surface area contributed by atoms with E-state index in [4.69, 9.17) is 11.6 Å². The monoisotopic (exact) mass is 310 g/mol. The van der Waals surface area contributed by atoms with E-state index in [1.54, 1.807) is 50.5 Å². The summed E-state index contributed by atoms with van der Waals surface area (Å²) in [6.07, 6.45) is 3.25. The third-order valence-electron chi connectivity index (χ3n) is 2.96. The lowest BCUT2D eigenvalue weighted by molar-refractivity contribution is 0.580. The summed E-state index contributed by atoms with van der Waals surface area (Å²) in [5, 5.41) is 0.565. The van der Waals surface area contributed by atoms with Crippen LogP contribution in [0.5, 0.6) is 0 Å². The summed E-state index contributed by atoms with van der Waals surface area (Å²) in [4.78, 5) is 4.15. The molecule has 1 heterocycles. The summed E-state index contributed by atoms with van der Waals surface area (Å²) in [6.45, 7) is 3.74. The maximum atomic E-state index is 12.3. The molecular weight excluding hydrogens is 296 g/mol. The number of hydrogen-bond acceptors (Lipinski definition) is 3. The second-order valence-electron chi connectivity index (χ2n) is 4.55. The van der Waals surface area contributed by atoms with Crippen molar-refractivity contribution < 1.29 is 8.42 Å². The van der Waals surface area contributed by atoms with Crippen LogP contribution in [0.25, 0.3) is 0 Å². The van der Waals surface area contributed by atoms with Gasteiger partial charge in [-0.3, -0.25) is 4.98 Å². The molecule has 4 nitrogen and oxygen atoms in total. The highest BCUT2D eigenvalue weighted by Gasteiger charge is 2.17. The largest absolute Gasteiger partial charge is 0.265 e. The van der Waals surface area contributed by atoms with E-state index in [1.165, 1.54) is 0 Å². The second-order valence-corrected chi connectivity index (χ2v) is 6.69. The molecule has 0 spiro atoms. The zero-order chi connectivity index (χ0) is 14.8. The van der Waals surface area contributed by atoms with Crippen LogP contribution >= 0.6 is 11.6 Å². The van der Waals surface area contributed by atoms with E-state index in [0.717, 1.165) is 11.1 Å². The SMILES string of the molecule is Cc1cc(S(=O)(=O)NCc2ccncc2)c(C)cc1Cl. The molecule has 1 aromatic heterocycles. The highest BCUT2D eigenvalue weighted by molar-refractivity contribution is 7.89. The molecule has 0 unspecified atom stereocenters. The molecule has 0 aliphatic carbocycles. The van der Waals surface area contributed by atoms with Crippen molar-refractivity contribution in [2.24, 2.45) is 0 Å². The molecule has 0 radical (unpaired) electrons. The first-order valence-corrected chi connectivity index (χ1v) is 7.91. The predicted octanol–water partition coefficient (Wildman–Crippen LogP) is 2.83. The molecule has 0 bridgehead atoms. The van der Waals surface area contributed by atoms with E-state index >= 15 is 0 Å². The van der Waals surface area contributed by atoms with Gasteiger partial charge in [0, 0.05) is 24.0 Å². The van der Waals surface area contributed by atoms with E-state index < -0.39 is 10.0 Å². The molecule has 0 fully saturated rings. The van der Waals surface area contributed by atoms with Crippen LogP contribution in [0, 0.1) is 13.8 Å². The molecule has 0 amide bonds. The van der Waals surface area contributed by atoms with Crippen molar-refractivity contribution in [2.75, 3.05) is 0 Å². The van der Waals surface area contributed by atoms with E-state index in [9.17, 15) is 8.42 Å². The van der Waals surface area contributed by atoms with Crippen LogP contribution in [0.3, 0.4) is 0 Å². The van der Waals surface area contributed by atoms with Crippen LogP contribution in [-0.4, -0.2) is 13.4 Å². The topological polar surface area (TPSA) is 59.1 Å². The Morgan fingerprint density at radius 3 is 2.45 bits per heavy atom. The van der Waals surface area contributed by atoms with Crippen LogP contribution in [0.1, 0.15) is 16.7 Å². The lowest BCUT2D eigenvalue weighted by atomic mass is 10.2. The molecular formula is C14H15ClN2O2S. The van der Waals surface area contributed by atoms with Crippen LogP contribution in [0.4, 0.5) is 0 Å². The first-order chi connectivity index (χ1) is 9.40. The van der Waals surface area contributed by atoms with Crippen molar-refractivity contribution in [2.45, 2.75) is 25.3 Å². The van der Waals surface area contributed by atoms with Crippen LogP contribution < -0.4 is 4.72 Å². The smallest absolute Gasteiger partial charge is 0.241 e. The van der Waals surface area contributed by atoms with Gasteiger partial charge < -0.3 is 0 Å². The molecule has 106 valence electrons. The number of nitrogens with one attached hydrogen (secondary N) is 1. The number of aryl methyl sites for hydroxylation is 2. The number of aromatic nitrogens is 1. The quantitative estimate of drug-likeness (QED) is 0.944.